The molecule has 0 bridgehead atoms. The van der Waals surface area contributed by atoms with E-state index in [-0.39, 0.29) is 23.3 Å². The zero-order chi connectivity index (χ0) is 15.6. The smallest absolute Gasteiger partial charge is 0.266 e. The summed E-state index contributed by atoms with van der Waals surface area (Å²) < 4.78 is 32.7. The van der Waals surface area contributed by atoms with E-state index in [2.05, 4.69) is 4.98 Å². The monoisotopic (exact) mass is 290 g/mol. The highest BCUT2D eigenvalue weighted by Crippen LogP contribution is 2.30. The molecule has 2 rings (SSSR count). The summed E-state index contributed by atoms with van der Waals surface area (Å²) in [7, 11) is 0. The van der Waals surface area contributed by atoms with Gasteiger partial charge in [0.25, 0.3) is 5.56 Å². The Kier molecular flexibility index (Phi) is 4.03. The van der Waals surface area contributed by atoms with Gasteiger partial charge in [-0.3, -0.25) is 4.79 Å². The molecule has 0 aliphatic carbocycles. The van der Waals surface area contributed by atoms with Crippen molar-refractivity contribution >= 4 is 0 Å². The molecule has 1 N–H and O–H groups in total. The topological polar surface area (TPSA) is 65.9 Å². The largest absolute Gasteiger partial charge is 0.488 e. The normalized spacial score (nSPS) is 10.2. The van der Waals surface area contributed by atoms with Crippen LogP contribution in [0.5, 0.6) is 5.75 Å². The van der Waals surface area contributed by atoms with E-state index < -0.39 is 22.9 Å². The number of ether oxygens (including phenoxy) is 1. The van der Waals surface area contributed by atoms with Gasteiger partial charge in [-0.1, -0.05) is 0 Å². The maximum atomic E-state index is 13.9. The molecule has 0 amide bonds. The van der Waals surface area contributed by atoms with Crippen LogP contribution in [0.2, 0.25) is 0 Å². The average Bonchev–Trinajstić information content (AvgIpc) is 2.42. The van der Waals surface area contributed by atoms with Crippen molar-refractivity contribution in [1.29, 1.82) is 5.26 Å². The molecule has 0 aliphatic rings. The number of pyridine rings is 1. The fourth-order valence-corrected chi connectivity index (χ4v) is 2.02. The number of rotatable bonds is 3. The number of aromatic amines is 1. The quantitative estimate of drug-likeness (QED) is 0.945. The standard InChI is InChI=1S/C15H12F2N2O2/c1-3-21-14-12(16)5-9(6-13(14)17)10-4-8(2)19-15(20)11(10)7-18/h4-6H,3H2,1-2H3,(H,19,20). The van der Waals surface area contributed by atoms with Crippen molar-refractivity contribution in [2.24, 2.45) is 0 Å². The zero-order valence-electron chi connectivity index (χ0n) is 11.5. The number of benzene rings is 1. The van der Waals surface area contributed by atoms with Gasteiger partial charge in [-0.2, -0.15) is 5.26 Å². The highest BCUT2D eigenvalue weighted by Gasteiger charge is 2.16. The average molecular weight is 290 g/mol. The van der Waals surface area contributed by atoms with Crippen molar-refractivity contribution in [3.8, 4) is 22.9 Å². The zero-order valence-corrected chi connectivity index (χ0v) is 11.5. The maximum Gasteiger partial charge on any atom is 0.266 e. The van der Waals surface area contributed by atoms with Crippen LogP contribution >= 0.6 is 0 Å². The van der Waals surface area contributed by atoms with E-state index in [1.54, 1.807) is 19.9 Å². The molecule has 0 spiro atoms. The first kappa shape index (κ1) is 14.7. The summed E-state index contributed by atoms with van der Waals surface area (Å²) in [5.41, 5.74) is -0.00624. The van der Waals surface area contributed by atoms with Crippen LogP contribution in [-0.4, -0.2) is 11.6 Å². The predicted molar refractivity (Wildman–Crippen MR) is 73.0 cm³/mol. The molecular formula is C15H12F2N2O2. The third kappa shape index (κ3) is 2.77. The molecule has 0 fully saturated rings. The molecule has 1 aromatic heterocycles. The Balaban J connectivity index is 2.69. The number of aromatic nitrogens is 1. The van der Waals surface area contributed by atoms with Crippen molar-refractivity contribution < 1.29 is 13.5 Å². The molecule has 0 saturated carbocycles. The van der Waals surface area contributed by atoms with Crippen molar-refractivity contribution in [3.05, 3.63) is 51.4 Å². The Morgan fingerprint density at radius 3 is 2.43 bits per heavy atom. The van der Waals surface area contributed by atoms with Gasteiger partial charge in [0.05, 0.1) is 6.61 Å². The molecule has 4 nitrogen and oxygen atoms in total. The summed E-state index contributed by atoms with van der Waals surface area (Å²) in [6.07, 6.45) is 0. The number of hydrogen-bond donors (Lipinski definition) is 1. The molecule has 6 heteroatoms. The molecule has 0 saturated heterocycles. The Bertz CT molecular complexity index is 768. The number of halogens is 2. The molecule has 1 aromatic carbocycles. The van der Waals surface area contributed by atoms with Gasteiger partial charge in [0.2, 0.25) is 0 Å². The molecular weight excluding hydrogens is 278 g/mol. The lowest BCUT2D eigenvalue weighted by atomic mass is 10.0. The first-order chi connectivity index (χ1) is 9.97. The van der Waals surface area contributed by atoms with E-state index in [9.17, 15) is 13.6 Å². The summed E-state index contributed by atoms with van der Waals surface area (Å²) in [5, 5.41) is 9.05. The van der Waals surface area contributed by atoms with E-state index in [0.717, 1.165) is 12.1 Å². The van der Waals surface area contributed by atoms with Crippen molar-refractivity contribution in [1.82, 2.24) is 4.98 Å². The molecule has 0 atom stereocenters. The van der Waals surface area contributed by atoms with E-state index in [0.29, 0.717) is 5.69 Å². The predicted octanol–water partition coefficient (Wildman–Crippen LogP) is 2.90. The fraction of sp³-hybridized carbons (Fsp3) is 0.200. The van der Waals surface area contributed by atoms with Gasteiger partial charge >= 0.3 is 0 Å². The van der Waals surface area contributed by atoms with Crippen LogP contribution in [0, 0.1) is 29.9 Å². The number of nitrogens with one attached hydrogen (secondary N) is 1. The van der Waals surface area contributed by atoms with Crippen LogP contribution in [0.4, 0.5) is 8.78 Å². The van der Waals surface area contributed by atoms with Gasteiger partial charge in [-0.05, 0) is 37.6 Å². The van der Waals surface area contributed by atoms with Gasteiger partial charge in [0.1, 0.15) is 11.6 Å². The minimum Gasteiger partial charge on any atom is -0.488 e. The van der Waals surface area contributed by atoms with Gasteiger partial charge < -0.3 is 9.72 Å². The number of hydrogen-bond acceptors (Lipinski definition) is 3. The Hall–Kier alpha value is -2.68. The van der Waals surface area contributed by atoms with Crippen LogP contribution in [0.1, 0.15) is 18.2 Å². The lowest BCUT2D eigenvalue weighted by molar-refractivity contribution is 0.303. The maximum absolute atomic E-state index is 13.9. The van der Waals surface area contributed by atoms with E-state index >= 15 is 0 Å². The van der Waals surface area contributed by atoms with Gasteiger partial charge in [-0.15, -0.1) is 0 Å². The second-order valence-corrected chi connectivity index (χ2v) is 4.38. The first-order valence-electron chi connectivity index (χ1n) is 6.24. The Morgan fingerprint density at radius 2 is 1.90 bits per heavy atom. The molecule has 2 aromatic rings. The third-order valence-corrected chi connectivity index (χ3v) is 2.88. The number of H-pyrrole nitrogens is 1. The van der Waals surface area contributed by atoms with Crippen LogP contribution in [0.25, 0.3) is 11.1 Å². The highest BCUT2D eigenvalue weighted by atomic mass is 19.1. The van der Waals surface area contributed by atoms with Crippen LogP contribution in [-0.2, 0) is 0 Å². The lowest BCUT2D eigenvalue weighted by Gasteiger charge is -2.10. The second kappa shape index (κ2) is 5.75. The van der Waals surface area contributed by atoms with Gasteiger partial charge in [0, 0.05) is 11.3 Å². The Labute approximate surface area is 119 Å². The SMILES string of the molecule is CCOc1c(F)cc(-c2cc(C)[nH]c(=O)c2C#N)cc1F. The van der Waals surface area contributed by atoms with E-state index in [1.807, 2.05) is 0 Å². The van der Waals surface area contributed by atoms with Crippen LogP contribution < -0.4 is 10.3 Å². The summed E-state index contributed by atoms with van der Waals surface area (Å²) >= 11 is 0. The summed E-state index contributed by atoms with van der Waals surface area (Å²) in [5.74, 6) is -2.23. The summed E-state index contributed by atoms with van der Waals surface area (Å²) in [6, 6.07) is 5.33. The molecule has 0 aliphatic heterocycles. The highest BCUT2D eigenvalue weighted by molar-refractivity contribution is 5.71. The van der Waals surface area contributed by atoms with Crippen molar-refractivity contribution in [2.75, 3.05) is 6.61 Å². The molecule has 1 heterocycles. The molecule has 0 radical (unpaired) electrons. The molecule has 108 valence electrons. The number of nitriles is 1. The van der Waals surface area contributed by atoms with Crippen LogP contribution in [0.15, 0.2) is 23.0 Å². The summed E-state index contributed by atoms with van der Waals surface area (Å²) in [4.78, 5) is 14.2. The van der Waals surface area contributed by atoms with Crippen molar-refractivity contribution in [2.45, 2.75) is 13.8 Å². The lowest BCUT2D eigenvalue weighted by Crippen LogP contribution is -2.13. The third-order valence-electron chi connectivity index (χ3n) is 2.88. The van der Waals surface area contributed by atoms with Gasteiger partial charge in [0.15, 0.2) is 17.4 Å². The summed E-state index contributed by atoms with van der Waals surface area (Å²) in [6.45, 7) is 3.36. The Morgan fingerprint density at radius 1 is 1.29 bits per heavy atom. The van der Waals surface area contributed by atoms with E-state index in [1.165, 1.54) is 6.07 Å². The number of aryl methyl sites for hydroxylation is 1. The first-order valence-corrected chi connectivity index (χ1v) is 6.24. The van der Waals surface area contributed by atoms with E-state index in [4.69, 9.17) is 10.00 Å². The minimum atomic E-state index is -0.881. The van der Waals surface area contributed by atoms with Crippen molar-refractivity contribution in [3.63, 3.8) is 0 Å². The number of nitrogens with zero attached hydrogens (tertiary/aromatic N) is 1. The minimum absolute atomic E-state index is 0.110. The second-order valence-electron chi connectivity index (χ2n) is 4.38. The van der Waals surface area contributed by atoms with Gasteiger partial charge in [-0.25, -0.2) is 8.78 Å². The van der Waals surface area contributed by atoms with Crippen LogP contribution in [0.3, 0.4) is 0 Å². The molecule has 21 heavy (non-hydrogen) atoms. The fourth-order valence-electron chi connectivity index (χ4n) is 2.02. The molecule has 0 unspecified atom stereocenters.